The fraction of sp³-hybridized carbons (Fsp3) is 0.300. The van der Waals surface area contributed by atoms with E-state index >= 15 is 0 Å². The highest BCUT2D eigenvalue weighted by atomic mass is 35.5. The lowest BCUT2D eigenvalue weighted by molar-refractivity contribution is -0.121. The summed E-state index contributed by atoms with van der Waals surface area (Å²) in [5, 5.41) is 3.47. The number of halogens is 1. The van der Waals surface area contributed by atoms with Crippen molar-refractivity contribution in [1.29, 1.82) is 0 Å². The molecular formula is C20H23ClN2O3. The van der Waals surface area contributed by atoms with Gasteiger partial charge in [-0.05, 0) is 42.0 Å². The van der Waals surface area contributed by atoms with Crippen molar-refractivity contribution in [1.82, 2.24) is 5.32 Å². The van der Waals surface area contributed by atoms with E-state index in [1.165, 1.54) is 6.92 Å². The molecule has 0 bridgehead atoms. The van der Waals surface area contributed by atoms with Crippen LogP contribution in [0.3, 0.4) is 0 Å². The Hall–Kier alpha value is -2.53. The maximum absolute atomic E-state index is 11.9. The average molecular weight is 375 g/mol. The highest BCUT2D eigenvalue weighted by Crippen LogP contribution is 2.21. The fourth-order valence-electron chi connectivity index (χ4n) is 2.37. The van der Waals surface area contributed by atoms with Crippen LogP contribution in [0.15, 0.2) is 48.5 Å². The summed E-state index contributed by atoms with van der Waals surface area (Å²) in [5.41, 5.74) is 1.79. The minimum Gasteiger partial charge on any atom is -0.489 e. The maximum Gasteiger partial charge on any atom is 0.223 e. The minimum absolute atomic E-state index is 0.0283. The molecule has 2 rings (SSSR count). The molecule has 0 radical (unpaired) electrons. The highest BCUT2D eigenvalue weighted by molar-refractivity contribution is 6.30. The number of nitrogens with one attached hydrogen (secondary N) is 1. The van der Waals surface area contributed by atoms with Crippen LogP contribution in [-0.2, 0) is 16.2 Å². The lowest BCUT2D eigenvalue weighted by atomic mass is 10.2. The molecule has 0 fully saturated rings. The average Bonchev–Trinajstić information content (AvgIpc) is 2.65. The number of amides is 2. The van der Waals surface area contributed by atoms with Gasteiger partial charge in [0.1, 0.15) is 12.4 Å². The Morgan fingerprint density at radius 3 is 2.31 bits per heavy atom. The number of benzene rings is 2. The summed E-state index contributed by atoms with van der Waals surface area (Å²) in [6.45, 7) is 4.58. The largest absolute Gasteiger partial charge is 0.489 e. The van der Waals surface area contributed by atoms with Gasteiger partial charge in [-0.15, -0.1) is 0 Å². The maximum atomic E-state index is 11.9. The van der Waals surface area contributed by atoms with Crippen LogP contribution in [0, 0.1) is 0 Å². The molecule has 0 aliphatic heterocycles. The fourth-order valence-corrected chi connectivity index (χ4v) is 2.50. The molecule has 0 aliphatic carbocycles. The number of rotatable bonds is 8. The summed E-state index contributed by atoms with van der Waals surface area (Å²) in [5.74, 6) is 0.608. The van der Waals surface area contributed by atoms with Crippen molar-refractivity contribution in [2.24, 2.45) is 0 Å². The number of hydrogen-bond acceptors (Lipinski definition) is 3. The molecule has 138 valence electrons. The van der Waals surface area contributed by atoms with Gasteiger partial charge in [0.25, 0.3) is 0 Å². The molecule has 0 aliphatic rings. The van der Waals surface area contributed by atoms with Crippen molar-refractivity contribution in [3.8, 4) is 5.75 Å². The van der Waals surface area contributed by atoms with Crippen molar-refractivity contribution >= 4 is 29.1 Å². The Kier molecular flexibility index (Phi) is 7.48. The van der Waals surface area contributed by atoms with Crippen LogP contribution in [-0.4, -0.2) is 24.9 Å². The monoisotopic (exact) mass is 374 g/mol. The third-order valence-electron chi connectivity index (χ3n) is 3.83. The van der Waals surface area contributed by atoms with Crippen LogP contribution >= 0.6 is 11.6 Å². The van der Waals surface area contributed by atoms with E-state index < -0.39 is 0 Å². The smallest absolute Gasteiger partial charge is 0.223 e. The van der Waals surface area contributed by atoms with Gasteiger partial charge in [0, 0.05) is 37.1 Å². The number of anilines is 1. The van der Waals surface area contributed by atoms with Crippen LogP contribution in [0.5, 0.6) is 5.75 Å². The normalized spacial score (nSPS) is 10.3. The first kappa shape index (κ1) is 19.8. The van der Waals surface area contributed by atoms with E-state index in [1.54, 1.807) is 11.8 Å². The van der Waals surface area contributed by atoms with Gasteiger partial charge in [-0.3, -0.25) is 9.59 Å². The molecule has 0 heterocycles. The molecular weight excluding hydrogens is 352 g/mol. The van der Waals surface area contributed by atoms with Crippen LogP contribution in [0.4, 0.5) is 5.69 Å². The van der Waals surface area contributed by atoms with Crippen LogP contribution in [0.2, 0.25) is 5.02 Å². The van der Waals surface area contributed by atoms with Crippen LogP contribution in [0.1, 0.15) is 25.8 Å². The lowest BCUT2D eigenvalue weighted by Crippen LogP contribution is -2.37. The first-order valence-corrected chi connectivity index (χ1v) is 8.89. The van der Waals surface area contributed by atoms with Crippen molar-refractivity contribution < 1.29 is 14.3 Å². The van der Waals surface area contributed by atoms with E-state index in [0.29, 0.717) is 36.9 Å². The number of hydrogen-bond donors (Lipinski definition) is 1. The SMILES string of the molecule is CCC(=O)NCCN(C(C)=O)c1ccc(OCc2ccc(Cl)cc2)cc1. The van der Waals surface area contributed by atoms with Crippen molar-refractivity contribution in [3.05, 3.63) is 59.1 Å². The standard InChI is InChI=1S/C20H23ClN2O3/c1-3-20(25)22-12-13-23(15(2)24)18-8-10-19(11-9-18)26-14-16-4-6-17(21)7-5-16/h4-11H,3,12-14H2,1-2H3,(H,22,25). The molecule has 0 saturated carbocycles. The van der Waals surface area contributed by atoms with Crippen molar-refractivity contribution in [3.63, 3.8) is 0 Å². The van der Waals surface area contributed by atoms with E-state index in [9.17, 15) is 9.59 Å². The zero-order valence-electron chi connectivity index (χ0n) is 15.0. The second kappa shape index (κ2) is 9.82. The molecule has 0 spiro atoms. The van der Waals surface area contributed by atoms with E-state index in [1.807, 2.05) is 48.5 Å². The molecule has 0 saturated heterocycles. The molecule has 2 aromatic rings. The molecule has 1 N–H and O–H groups in total. The van der Waals surface area contributed by atoms with Gasteiger partial charge in [-0.1, -0.05) is 30.7 Å². The van der Waals surface area contributed by atoms with Crippen LogP contribution in [0.25, 0.3) is 0 Å². The Balaban J connectivity index is 1.93. The number of nitrogens with zero attached hydrogens (tertiary/aromatic N) is 1. The third kappa shape index (κ3) is 6.08. The summed E-state index contributed by atoms with van der Waals surface area (Å²) < 4.78 is 5.75. The first-order chi connectivity index (χ1) is 12.5. The van der Waals surface area contributed by atoms with Crippen molar-refractivity contribution in [2.45, 2.75) is 26.9 Å². The Morgan fingerprint density at radius 1 is 1.08 bits per heavy atom. The number of carbonyl (C=O) groups is 2. The van der Waals surface area contributed by atoms with E-state index in [4.69, 9.17) is 16.3 Å². The molecule has 0 atom stereocenters. The van der Waals surface area contributed by atoms with Gasteiger partial charge in [0.05, 0.1) is 0 Å². The summed E-state index contributed by atoms with van der Waals surface area (Å²) in [6.07, 6.45) is 0.430. The Labute approximate surface area is 158 Å². The second-order valence-electron chi connectivity index (χ2n) is 5.78. The third-order valence-corrected chi connectivity index (χ3v) is 4.08. The predicted octanol–water partition coefficient (Wildman–Crippen LogP) is 3.80. The quantitative estimate of drug-likeness (QED) is 0.764. The summed E-state index contributed by atoms with van der Waals surface area (Å²) in [4.78, 5) is 24.8. The minimum atomic E-state index is -0.0782. The molecule has 26 heavy (non-hydrogen) atoms. The van der Waals surface area contributed by atoms with E-state index in [0.717, 1.165) is 11.3 Å². The molecule has 2 aromatic carbocycles. The van der Waals surface area contributed by atoms with Gasteiger partial charge in [0.15, 0.2) is 0 Å². The predicted molar refractivity (Wildman–Crippen MR) is 104 cm³/mol. The number of carbonyl (C=O) groups excluding carboxylic acids is 2. The van der Waals surface area contributed by atoms with Gasteiger partial charge in [-0.25, -0.2) is 0 Å². The first-order valence-electron chi connectivity index (χ1n) is 8.51. The van der Waals surface area contributed by atoms with Crippen molar-refractivity contribution in [2.75, 3.05) is 18.0 Å². The topological polar surface area (TPSA) is 58.6 Å². The zero-order chi connectivity index (χ0) is 18.9. The summed E-state index contributed by atoms with van der Waals surface area (Å²) in [6, 6.07) is 14.8. The molecule has 0 unspecified atom stereocenters. The summed E-state index contributed by atoms with van der Waals surface area (Å²) in [7, 11) is 0. The second-order valence-corrected chi connectivity index (χ2v) is 6.22. The van der Waals surface area contributed by atoms with Crippen LogP contribution < -0.4 is 15.0 Å². The van der Waals surface area contributed by atoms with Gasteiger partial charge < -0.3 is 15.0 Å². The molecule has 5 nitrogen and oxygen atoms in total. The lowest BCUT2D eigenvalue weighted by Gasteiger charge is -2.21. The van der Waals surface area contributed by atoms with Gasteiger partial charge in [-0.2, -0.15) is 0 Å². The van der Waals surface area contributed by atoms with E-state index in [-0.39, 0.29) is 11.8 Å². The van der Waals surface area contributed by atoms with Gasteiger partial charge in [0.2, 0.25) is 11.8 Å². The molecule has 0 aromatic heterocycles. The molecule has 2 amide bonds. The Morgan fingerprint density at radius 2 is 1.73 bits per heavy atom. The Bertz CT molecular complexity index is 730. The zero-order valence-corrected chi connectivity index (χ0v) is 15.8. The van der Waals surface area contributed by atoms with Gasteiger partial charge >= 0.3 is 0 Å². The van der Waals surface area contributed by atoms with E-state index in [2.05, 4.69) is 5.32 Å². The highest BCUT2D eigenvalue weighted by Gasteiger charge is 2.11. The molecule has 6 heteroatoms. The number of ether oxygens (including phenoxy) is 1. The summed E-state index contributed by atoms with van der Waals surface area (Å²) >= 11 is 5.87.